The van der Waals surface area contributed by atoms with Gasteiger partial charge in [0.2, 0.25) is 0 Å². The van der Waals surface area contributed by atoms with Gasteiger partial charge in [-0.1, -0.05) is 35.9 Å². The second-order valence-electron chi connectivity index (χ2n) is 5.84. The number of carbonyl (C=O) groups excluding carboxylic acids is 1. The van der Waals surface area contributed by atoms with Gasteiger partial charge in [0.25, 0.3) is 5.91 Å². The maximum absolute atomic E-state index is 12.4. The standard InChI is InChI=1S/C21H17ClN4O/c22-17-7-5-15(6-8-17)9-11-24-18-10-12-25-20(13-18)21(27)26-19-4-2-1-3-16(19)14-23/h1-8,10,12-13H,9,11H2,(H,24,25)(H,26,27). The molecule has 0 unspecified atom stereocenters. The molecular weight excluding hydrogens is 360 g/mol. The number of carbonyl (C=O) groups is 1. The number of pyridine rings is 1. The van der Waals surface area contributed by atoms with Crippen molar-refractivity contribution in [3.63, 3.8) is 0 Å². The molecule has 134 valence electrons. The molecule has 6 heteroatoms. The van der Waals surface area contributed by atoms with E-state index in [1.165, 1.54) is 5.56 Å². The first-order chi connectivity index (χ1) is 13.2. The second kappa shape index (κ2) is 8.84. The molecule has 1 heterocycles. The Balaban J connectivity index is 1.62. The van der Waals surface area contributed by atoms with Crippen LogP contribution < -0.4 is 10.6 Å². The second-order valence-corrected chi connectivity index (χ2v) is 6.28. The van der Waals surface area contributed by atoms with Gasteiger partial charge >= 0.3 is 0 Å². The van der Waals surface area contributed by atoms with E-state index in [9.17, 15) is 4.79 Å². The topological polar surface area (TPSA) is 77.8 Å². The van der Waals surface area contributed by atoms with Crippen LogP contribution in [0.4, 0.5) is 11.4 Å². The minimum Gasteiger partial charge on any atom is -0.385 e. The van der Waals surface area contributed by atoms with E-state index in [0.29, 0.717) is 17.8 Å². The molecule has 0 aliphatic rings. The fraction of sp³-hybridized carbons (Fsp3) is 0.0952. The number of para-hydroxylation sites is 1. The third kappa shape index (κ3) is 5.06. The number of nitriles is 1. The van der Waals surface area contributed by atoms with Gasteiger partial charge in [-0.3, -0.25) is 9.78 Å². The summed E-state index contributed by atoms with van der Waals surface area (Å²) in [4.78, 5) is 16.6. The normalized spacial score (nSPS) is 10.1. The Kier molecular flexibility index (Phi) is 6.03. The van der Waals surface area contributed by atoms with Crippen molar-refractivity contribution in [2.24, 2.45) is 0 Å². The molecule has 0 atom stereocenters. The Hall–Kier alpha value is -3.36. The van der Waals surface area contributed by atoms with Gasteiger partial charge in [0.15, 0.2) is 0 Å². The number of anilines is 2. The number of aromatic nitrogens is 1. The largest absolute Gasteiger partial charge is 0.385 e. The molecule has 5 nitrogen and oxygen atoms in total. The highest BCUT2D eigenvalue weighted by atomic mass is 35.5. The molecule has 3 rings (SSSR count). The Bertz CT molecular complexity index is 980. The lowest BCUT2D eigenvalue weighted by Crippen LogP contribution is -2.15. The third-order valence-electron chi connectivity index (χ3n) is 3.94. The minimum atomic E-state index is -0.362. The first kappa shape index (κ1) is 18.4. The monoisotopic (exact) mass is 376 g/mol. The lowest BCUT2D eigenvalue weighted by molar-refractivity contribution is 0.102. The average molecular weight is 377 g/mol. The Morgan fingerprint density at radius 1 is 1.11 bits per heavy atom. The zero-order valence-electron chi connectivity index (χ0n) is 14.4. The van der Waals surface area contributed by atoms with Gasteiger partial charge in [-0.15, -0.1) is 0 Å². The van der Waals surface area contributed by atoms with Crippen molar-refractivity contribution in [3.8, 4) is 6.07 Å². The van der Waals surface area contributed by atoms with Gasteiger partial charge < -0.3 is 10.6 Å². The van der Waals surface area contributed by atoms with Crippen LogP contribution in [0.5, 0.6) is 0 Å². The molecule has 2 N–H and O–H groups in total. The highest BCUT2D eigenvalue weighted by Crippen LogP contribution is 2.16. The Labute approximate surface area is 162 Å². The zero-order chi connectivity index (χ0) is 19.1. The van der Waals surface area contributed by atoms with Crippen molar-refractivity contribution >= 4 is 28.9 Å². The summed E-state index contributed by atoms with van der Waals surface area (Å²) in [7, 11) is 0. The van der Waals surface area contributed by atoms with Gasteiger partial charge in [-0.25, -0.2) is 0 Å². The molecule has 27 heavy (non-hydrogen) atoms. The van der Waals surface area contributed by atoms with E-state index in [1.807, 2.05) is 30.3 Å². The van der Waals surface area contributed by atoms with Crippen LogP contribution in [0.2, 0.25) is 5.02 Å². The predicted octanol–water partition coefficient (Wildman–Crippen LogP) is 4.51. The zero-order valence-corrected chi connectivity index (χ0v) is 15.2. The number of hydrogen-bond donors (Lipinski definition) is 2. The highest BCUT2D eigenvalue weighted by Gasteiger charge is 2.10. The molecule has 0 saturated heterocycles. The third-order valence-corrected chi connectivity index (χ3v) is 4.20. The number of nitrogens with one attached hydrogen (secondary N) is 2. The molecule has 1 amide bonds. The number of rotatable bonds is 6. The molecule has 3 aromatic rings. The van der Waals surface area contributed by atoms with E-state index in [0.717, 1.165) is 17.1 Å². The van der Waals surface area contributed by atoms with Crippen molar-refractivity contribution in [1.29, 1.82) is 5.26 Å². The van der Waals surface area contributed by atoms with Crippen LogP contribution in [-0.2, 0) is 6.42 Å². The first-order valence-corrected chi connectivity index (χ1v) is 8.78. The molecule has 2 aromatic carbocycles. The van der Waals surface area contributed by atoms with Gasteiger partial charge in [-0.2, -0.15) is 5.26 Å². The number of halogens is 1. The maximum Gasteiger partial charge on any atom is 0.274 e. The summed E-state index contributed by atoms with van der Waals surface area (Å²) in [5, 5.41) is 15.8. The van der Waals surface area contributed by atoms with Crippen LogP contribution in [0.1, 0.15) is 21.6 Å². The lowest BCUT2D eigenvalue weighted by atomic mass is 10.1. The highest BCUT2D eigenvalue weighted by molar-refractivity contribution is 6.30. The van der Waals surface area contributed by atoms with E-state index in [2.05, 4.69) is 21.7 Å². The predicted molar refractivity (Wildman–Crippen MR) is 107 cm³/mol. The summed E-state index contributed by atoms with van der Waals surface area (Å²) in [5.74, 6) is -0.362. The molecule has 1 aromatic heterocycles. The molecule has 0 radical (unpaired) electrons. The number of amides is 1. The van der Waals surface area contributed by atoms with Crippen LogP contribution in [-0.4, -0.2) is 17.4 Å². The summed E-state index contributed by atoms with van der Waals surface area (Å²) in [5.41, 5.74) is 3.12. The molecular formula is C21H17ClN4O. The molecule has 0 fully saturated rings. The van der Waals surface area contributed by atoms with Gasteiger partial charge in [0, 0.05) is 23.5 Å². The van der Waals surface area contributed by atoms with Crippen LogP contribution in [0, 0.1) is 11.3 Å². The molecule has 0 aliphatic carbocycles. The Morgan fingerprint density at radius 2 is 1.89 bits per heavy atom. The van der Waals surface area contributed by atoms with Crippen LogP contribution in [0.3, 0.4) is 0 Å². The van der Waals surface area contributed by atoms with E-state index in [1.54, 1.807) is 36.5 Å². The molecule has 0 spiro atoms. The van der Waals surface area contributed by atoms with E-state index in [-0.39, 0.29) is 11.6 Å². The van der Waals surface area contributed by atoms with E-state index < -0.39 is 0 Å². The molecule has 0 aliphatic heterocycles. The summed E-state index contributed by atoms with van der Waals surface area (Å²) in [6, 6.07) is 20.1. The van der Waals surface area contributed by atoms with Crippen molar-refractivity contribution in [2.75, 3.05) is 17.2 Å². The number of nitrogens with zero attached hydrogens (tertiary/aromatic N) is 2. The number of benzene rings is 2. The Morgan fingerprint density at radius 3 is 2.67 bits per heavy atom. The minimum absolute atomic E-state index is 0.277. The van der Waals surface area contributed by atoms with Crippen molar-refractivity contribution < 1.29 is 4.79 Å². The van der Waals surface area contributed by atoms with Crippen LogP contribution in [0.25, 0.3) is 0 Å². The summed E-state index contributed by atoms with van der Waals surface area (Å²) in [6.07, 6.45) is 2.41. The van der Waals surface area contributed by atoms with Gasteiger partial charge in [-0.05, 0) is 48.4 Å². The fourth-order valence-electron chi connectivity index (χ4n) is 2.54. The summed E-state index contributed by atoms with van der Waals surface area (Å²) >= 11 is 5.89. The van der Waals surface area contributed by atoms with Crippen molar-refractivity contribution in [2.45, 2.75) is 6.42 Å². The summed E-state index contributed by atoms with van der Waals surface area (Å²) < 4.78 is 0. The van der Waals surface area contributed by atoms with Crippen LogP contribution >= 0.6 is 11.6 Å². The number of hydrogen-bond acceptors (Lipinski definition) is 4. The first-order valence-electron chi connectivity index (χ1n) is 8.40. The van der Waals surface area contributed by atoms with Crippen molar-refractivity contribution in [1.82, 2.24) is 4.98 Å². The smallest absolute Gasteiger partial charge is 0.274 e. The van der Waals surface area contributed by atoms with Crippen LogP contribution in [0.15, 0.2) is 66.9 Å². The van der Waals surface area contributed by atoms with E-state index in [4.69, 9.17) is 16.9 Å². The molecule has 0 saturated carbocycles. The lowest BCUT2D eigenvalue weighted by Gasteiger charge is -2.09. The fourth-order valence-corrected chi connectivity index (χ4v) is 2.67. The SMILES string of the molecule is N#Cc1ccccc1NC(=O)c1cc(NCCc2ccc(Cl)cc2)ccn1. The van der Waals surface area contributed by atoms with Gasteiger partial charge in [0.1, 0.15) is 11.8 Å². The molecule has 0 bridgehead atoms. The summed E-state index contributed by atoms with van der Waals surface area (Å²) in [6.45, 7) is 0.712. The average Bonchev–Trinajstić information content (AvgIpc) is 2.70. The quantitative estimate of drug-likeness (QED) is 0.663. The van der Waals surface area contributed by atoms with E-state index >= 15 is 0 Å². The van der Waals surface area contributed by atoms with Crippen molar-refractivity contribution in [3.05, 3.63) is 88.7 Å². The van der Waals surface area contributed by atoms with Gasteiger partial charge in [0.05, 0.1) is 11.3 Å². The maximum atomic E-state index is 12.4.